The number of alkyl halides is 3. The van der Waals surface area contributed by atoms with Gasteiger partial charge >= 0.3 is 6.18 Å². The Morgan fingerprint density at radius 3 is 2.40 bits per heavy atom. The van der Waals surface area contributed by atoms with Gasteiger partial charge in [-0.1, -0.05) is 42.2 Å². The lowest BCUT2D eigenvalue weighted by atomic mass is 9.89. The third-order valence-electron chi connectivity index (χ3n) is 6.59. The number of nitrogens with one attached hydrogen (secondary N) is 1. The Morgan fingerprint density at radius 2 is 1.86 bits per heavy atom. The van der Waals surface area contributed by atoms with Crippen LogP contribution >= 0.6 is 34.5 Å². The zero-order chi connectivity index (χ0) is 25.9. The first-order valence-corrected chi connectivity index (χ1v) is 12.5. The molecule has 0 fully saturated rings. The first kappa shape index (κ1) is 26.0. The van der Waals surface area contributed by atoms with E-state index in [1.807, 2.05) is 27.7 Å². The minimum atomic E-state index is -4.87. The van der Waals surface area contributed by atoms with Crippen molar-refractivity contribution >= 4 is 46.3 Å². The molecule has 1 aromatic heterocycles. The van der Waals surface area contributed by atoms with E-state index in [1.54, 1.807) is 4.90 Å². The molecule has 4 rings (SSSR count). The lowest BCUT2D eigenvalue weighted by Gasteiger charge is -2.30. The SMILES string of the molecule is Cc1c(C(=O)NC(C)C(C)C)sc2c1CN(C1=NOC(c3cc(Cl)c(F)c(Cl)c3)(C(F)(F)F)C1)C2. The minimum Gasteiger partial charge on any atom is -0.372 e. The molecule has 0 aliphatic carbocycles. The molecular formula is C23H23Cl2F4N3O2S. The maximum absolute atomic E-state index is 14.3. The van der Waals surface area contributed by atoms with Crippen molar-refractivity contribution in [2.75, 3.05) is 0 Å². The number of hydrogen-bond donors (Lipinski definition) is 1. The number of rotatable bonds is 4. The van der Waals surface area contributed by atoms with Gasteiger partial charge in [0.25, 0.3) is 11.5 Å². The van der Waals surface area contributed by atoms with Gasteiger partial charge in [0.2, 0.25) is 0 Å². The highest BCUT2D eigenvalue weighted by Crippen LogP contribution is 2.50. The molecule has 1 amide bonds. The van der Waals surface area contributed by atoms with Crippen molar-refractivity contribution in [2.24, 2.45) is 11.1 Å². The molecule has 2 aromatic rings. The normalized spacial score (nSPS) is 20.7. The van der Waals surface area contributed by atoms with E-state index in [0.29, 0.717) is 18.0 Å². The summed E-state index contributed by atoms with van der Waals surface area (Å²) >= 11 is 12.9. The predicted molar refractivity (Wildman–Crippen MR) is 127 cm³/mol. The van der Waals surface area contributed by atoms with Crippen LogP contribution in [0.5, 0.6) is 0 Å². The first-order valence-electron chi connectivity index (χ1n) is 10.9. The van der Waals surface area contributed by atoms with Crippen molar-refractivity contribution < 1.29 is 27.2 Å². The van der Waals surface area contributed by atoms with Crippen molar-refractivity contribution in [2.45, 2.75) is 65.0 Å². The molecule has 2 unspecified atom stereocenters. The van der Waals surface area contributed by atoms with E-state index < -0.39 is 39.6 Å². The van der Waals surface area contributed by atoms with Crippen molar-refractivity contribution in [3.05, 3.63) is 54.4 Å². The second-order valence-corrected chi connectivity index (χ2v) is 11.1. The molecule has 3 heterocycles. The standard InChI is InChI=1S/C23H23Cl2F4N3O2S/c1-10(2)12(4)30-21(33)20-11(3)14-8-32(9-17(14)35-20)18-7-22(34-31-18,23(27,28)29)13-5-15(24)19(26)16(25)6-13/h5-6,10,12H,7-9H2,1-4H3,(H,30,33). The smallest absolute Gasteiger partial charge is 0.372 e. The molecule has 0 spiro atoms. The van der Waals surface area contributed by atoms with Crippen LogP contribution in [0.25, 0.3) is 0 Å². The van der Waals surface area contributed by atoms with Gasteiger partial charge in [-0.05, 0) is 43.0 Å². The number of amidine groups is 1. The number of carbonyl (C=O) groups excluding carboxylic acids is 1. The Morgan fingerprint density at radius 1 is 1.23 bits per heavy atom. The summed E-state index contributed by atoms with van der Waals surface area (Å²) in [6.45, 7) is 8.41. The van der Waals surface area contributed by atoms with Crippen LogP contribution in [0.1, 0.15) is 58.4 Å². The zero-order valence-electron chi connectivity index (χ0n) is 19.3. The number of hydrogen-bond acceptors (Lipinski definition) is 5. The molecule has 12 heteroatoms. The zero-order valence-corrected chi connectivity index (χ0v) is 21.6. The molecule has 0 bridgehead atoms. The Labute approximate surface area is 214 Å². The van der Waals surface area contributed by atoms with Crippen LogP contribution in [0.15, 0.2) is 17.3 Å². The third-order valence-corrected chi connectivity index (χ3v) is 8.46. The van der Waals surface area contributed by atoms with E-state index in [9.17, 15) is 22.4 Å². The molecule has 1 aromatic carbocycles. The van der Waals surface area contributed by atoms with E-state index >= 15 is 0 Å². The summed E-state index contributed by atoms with van der Waals surface area (Å²) in [6, 6.07) is 1.73. The second-order valence-electron chi connectivity index (χ2n) is 9.17. The quantitative estimate of drug-likeness (QED) is 0.336. The number of amides is 1. The molecule has 5 nitrogen and oxygen atoms in total. The topological polar surface area (TPSA) is 53.9 Å². The second kappa shape index (κ2) is 9.12. The summed E-state index contributed by atoms with van der Waals surface area (Å²) in [7, 11) is 0. The maximum Gasteiger partial charge on any atom is 0.435 e. The van der Waals surface area contributed by atoms with Crippen molar-refractivity contribution in [3.8, 4) is 0 Å². The largest absolute Gasteiger partial charge is 0.435 e. The van der Waals surface area contributed by atoms with Crippen LogP contribution in [-0.2, 0) is 23.5 Å². The maximum atomic E-state index is 14.3. The predicted octanol–water partition coefficient (Wildman–Crippen LogP) is 6.78. The Balaban J connectivity index is 1.55. The van der Waals surface area contributed by atoms with Crippen LogP contribution in [0.2, 0.25) is 10.0 Å². The number of thiophene rings is 1. The van der Waals surface area contributed by atoms with Crippen LogP contribution in [-0.4, -0.2) is 28.9 Å². The summed E-state index contributed by atoms with van der Waals surface area (Å²) in [6.07, 6.45) is -5.50. The molecule has 0 saturated carbocycles. The lowest BCUT2D eigenvalue weighted by molar-refractivity contribution is -0.275. The Kier molecular flexibility index (Phi) is 6.78. The summed E-state index contributed by atoms with van der Waals surface area (Å²) in [4.78, 5) is 20.9. The van der Waals surface area contributed by atoms with Crippen molar-refractivity contribution in [3.63, 3.8) is 0 Å². The van der Waals surface area contributed by atoms with Gasteiger partial charge < -0.3 is 15.1 Å². The van der Waals surface area contributed by atoms with Gasteiger partial charge in [-0.3, -0.25) is 4.79 Å². The number of benzene rings is 1. The Bertz CT molecular complexity index is 1190. The van der Waals surface area contributed by atoms with Gasteiger partial charge in [0.15, 0.2) is 5.82 Å². The molecule has 1 N–H and O–H groups in total. The van der Waals surface area contributed by atoms with E-state index in [0.717, 1.165) is 28.1 Å². The Hall–Kier alpha value is -2.04. The van der Waals surface area contributed by atoms with Gasteiger partial charge in [-0.15, -0.1) is 11.3 Å². The molecule has 2 atom stereocenters. The minimum absolute atomic E-state index is 0.00397. The van der Waals surface area contributed by atoms with Crippen LogP contribution in [0.3, 0.4) is 0 Å². The van der Waals surface area contributed by atoms with E-state index in [-0.39, 0.29) is 23.7 Å². The number of halogens is 6. The molecule has 190 valence electrons. The van der Waals surface area contributed by atoms with Gasteiger partial charge in [-0.25, -0.2) is 4.39 Å². The number of fused-ring (bicyclic) bond motifs is 1. The molecule has 2 aliphatic heterocycles. The van der Waals surface area contributed by atoms with Crippen LogP contribution < -0.4 is 5.32 Å². The summed E-state index contributed by atoms with van der Waals surface area (Å²) < 4.78 is 56.6. The van der Waals surface area contributed by atoms with E-state index in [1.165, 1.54) is 11.3 Å². The van der Waals surface area contributed by atoms with Crippen molar-refractivity contribution in [1.29, 1.82) is 0 Å². The summed E-state index contributed by atoms with van der Waals surface area (Å²) in [5.74, 6) is -0.782. The number of carbonyl (C=O) groups is 1. The fraction of sp³-hybridized carbons (Fsp3) is 0.478. The summed E-state index contributed by atoms with van der Waals surface area (Å²) in [5.41, 5.74) is -1.56. The fourth-order valence-corrected chi connectivity index (χ4v) is 5.77. The molecular weight excluding hydrogens is 529 g/mol. The lowest BCUT2D eigenvalue weighted by Crippen LogP contribution is -2.44. The van der Waals surface area contributed by atoms with Gasteiger partial charge in [0.1, 0.15) is 5.84 Å². The number of oxime groups is 1. The fourth-order valence-electron chi connectivity index (χ4n) is 4.05. The number of nitrogens with zero attached hydrogens (tertiary/aromatic N) is 2. The van der Waals surface area contributed by atoms with E-state index in [4.69, 9.17) is 28.0 Å². The van der Waals surface area contributed by atoms with Gasteiger partial charge in [0, 0.05) is 23.0 Å². The highest BCUT2D eigenvalue weighted by molar-refractivity contribution is 7.14. The van der Waals surface area contributed by atoms with E-state index in [2.05, 4.69) is 10.5 Å². The highest BCUT2D eigenvalue weighted by Gasteiger charge is 2.63. The third kappa shape index (κ3) is 4.49. The van der Waals surface area contributed by atoms with Crippen LogP contribution in [0.4, 0.5) is 17.6 Å². The summed E-state index contributed by atoms with van der Waals surface area (Å²) in [5, 5.41) is 5.69. The molecule has 0 radical (unpaired) electrons. The molecule has 0 saturated heterocycles. The average molecular weight is 552 g/mol. The average Bonchev–Trinajstić information content (AvgIpc) is 3.45. The van der Waals surface area contributed by atoms with Crippen LogP contribution in [0, 0.1) is 18.7 Å². The molecule has 35 heavy (non-hydrogen) atoms. The monoisotopic (exact) mass is 551 g/mol. The van der Waals surface area contributed by atoms with Gasteiger partial charge in [0.05, 0.1) is 27.9 Å². The highest BCUT2D eigenvalue weighted by atomic mass is 35.5. The van der Waals surface area contributed by atoms with Crippen molar-refractivity contribution in [1.82, 2.24) is 10.2 Å². The first-order chi connectivity index (χ1) is 16.2. The van der Waals surface area contributed by atoms with Gasteiger partial charge in [-0.2, -0.15) is 13.2 Å². The molecule has 2 aliphatic rings.